The van der Waals surface area contributed by atoms with Gasteiger partial charge in [-0.3, -0.25) is 5.43 Å². The molecule has 2 heterocycles. The number of alkyl halides is 3. The van der Waals surface area contributed by atoms with Crippen LogP contribution in [0.25, 0.3) is 0 Å². The van der Waals surface area contributed by atoms with Crippen LogP contribution in [0.1, 0.15) is 0 Å². The number of halogens is 8. The van der Waals surface area contributed by atoms with Crippen molar-refractivity contribution in [3.05, 3.63) is 47.4 Å². The molecule has 3 rings (SSSR count). The van der Waals surface area contributed by atoms with E-state index in [0.717, 1.165) is 22.6 Å². The number of benzene rings is 1. The van der Waals surface area contributed by atoms with Crippen LogP contribution in [0.4, 0.5) is 40.9 Å². The highest BCUT2D eigenvalue weighted by Crippen LogP contribution is 2.26. The van der Waals surface area contributed by atoms with E-state index in [-0.39, 0.29) is 37.0 Å². The van der Waals surface area contributed by atoms with E-state index in [9.17, 15) is 52.0 Å². The van der Waals surface area contributed by atoms with Gasteiger partial charge in [-0.05, 0) is 12.1 Å². The number of hydrazine groups is 1. The van der Waals surface area contributed by atoms with E-state index in [1.165, 1.54) is 4.83 Å². The summed E-state index contributed by atoms with van der Waals surface area (Å²) >= 11 is 0. The van der Waals surface area contributed by atoms with Crippen molar-refractivity contribution in [2.45, 2.75) is 16.0 Å². The van der Waals surface area contributed by atoms with Gasteiger partial charge in [0, 0.05) is 19.3 Å². The summed E-state index contributed by atoms with van der Waals surface area (Å²) in [4.78, 5) is 11.7. The number of aromatic nitrogens is 1. The van der Waals surface area contributed by atoms with Gasteiger partial charge in [0.25, 0.3) is 10.0 Å². The van der Waals surface area contributed by atoms with Crippen LogP contribution in [0.3, 0.4) is 0 Å². The third-order valence-electron chi connectivity index (χ3n) is 4.34. The van der Waals surface area contributed by atoms with Gasteiger partial charge in [0.05, 0.1) is 13.2 Å². The fourth-order valence-corrected chi connectivity index (χ4v) is 4.88. The summed E-state index contributed by atoms with van der Waals surface area (Å²) in [5, 5.41) is 7.12. The Morgan fingerprint density at radius 3 is 1.82 bits per heavy atom. The Bertz CT molecular complexity index is 1370. The first-order valence-corrected chi connectivity index (χ1v) is 12.5. The number of anilines is 1. The fourth-order valence-electron chi connectivity index (χ4n) is 2.53. The van der Waals surface area contributed by atoms with E-state index >= 15 is 0 Å². The molecule has 212 valence electrons. The second-order valence-corrected chi connectivity index (χ2v) is 10.4. The van der Waals surface area contributed by atoms with Crippen LogP contribution in [0, 0.1) is 29.1 Å². The van der Waals surface area contributed by atoms with Gasteiger partial charge in [0.2, 0.25) is 15.8 Å². The molecule has 3 N–H and O–H groups in total. The molecule has 1 aliphatic heterocycles. The van der Waals surface area contributed by atoms with Crippen molar-refractivity contribution in [3.63, 3.8) is 0 Å². The normalized spacial score (nSPS) is 14.9. The summed E-state index contributed by atoms with van der Waals surface area (Å²) in [5.74, 6) is -15.6. The molecule has 1 aromatic heterocycles. The molecule has 21 heteroatoms. The number of morpholine rings is 1. The Morgan fingerprint density at radius 2 is 1.39 bits per heavy atom. The molecule has 11 nitrogen and oxygen atoms in total. The summed E-state index contributed by atoms with van der Waals surface area (Å²) in [7, 11) is -9.16. The third kappa shape index (κ3) is 7.03. The van der Waals surface area contributed by atoms with Crippen molar-refractivity contribution >= 4 is 31.8 Å². The molecule has 1 aliphatic rings. The molecule has 1 saturated heterocycles. The SMILES string of the molecule is O=C(O)C(F)(F)F.O=S(=O)(NNc1ccc(S(=O)(=O)N2CCOCC2)cn1)c1c(F)c(F)c(F)c(F)c1F. The summed E-state index contributed by atoms with van der Waals surface area (Å²) in [6.07, 6.45) is -4.19. The maximum atomic E-state index is 13.7. The Hall–Kier alpha value is -3.14. The zero-order valence-corrected chi connectivity index (χ0v) is 19.8. The number of hydrogen-bond donors (Lipinski definition) is 3. The van der Waals surface area contributed by atoms with Crippen LogP contribution in [-0.4, -0.2) is 69.7 Å². The highest BCUT2D eigenvalue weighted by molar-refractivity contribution is 7.89. The number of carbonyl (C=O) groups is 1. The number of nitrogens with one attached hydrogen (secondary N) is 2. The van der Waals surface area contributed by atoms with Gasteiger partial charge >= 0.3 is 12.1 Å². The van der Waals surface area contributed by atoms with E-state index in [4.69, 9.17) is 14.6 Å². The molecule has 0 spiro atoms. The number of sulfonamides is 2. The first-order chi connectivity index (χ1) is 17.4. The van der Waals surface area contributed by atoms with Crippen LogP contribution in [0.2, 0.25) is 0 Å². The quantitative estimate of drug-likeness (QED) is 0.194. The highest BCUT2D eigenvalue weighted by atomic mass is 32.2. The van der Waals surface area contributed by atoms with Gasteiger partial charge in [0.1, 0.15) is 10.7 Å². The molecular weight excluding hydrogens is 588 g/mol. The number of nitrogens with zero attached hydrogens (tertiary/aromatic N) is 2. The van der Waals surface area contributed by atoms with Crippen LogP contribution >= 0.6 is 0 Å². The zero-order valence-electron chi connectivity index (χ0n) is 18.2. The van der Waals surface area contributed by atoms with Gasteiger partial charge < -0.3 is 9.84 Å². The van der Waals surface area contributed by atoms with E-state index in [0.29, 0.717) is 0 Å². The molecule has 0 amide bonds. The Kier molecular flexibility index (Phi) is 9.58. The lowest BCUT2D eigenvalue weighted by Gasteiger charge is -2.25. The highest BCUT2D eigenvalue weighted by Gasteiger charge is 2.38. The zero-order chi connectivity index (χ0) is 29.1. The standard InChI is InChI=1S/C15H13F5N4O5S2.C2HF3O2/c16-10-11(17)13(19)15(14(20)12(10)18)30(25,26)23-22-9-2-1-8(7-21-9)31(27,28)24-3-5-29-6-4-24;3-2(4,5)1(6)7/h1-2,7,23H,3-6H2,(H,21,22);(H,6,7). The fraction of sp³-hybridized carbons (Fsp3) is 0.294. The summed E-state index contributed by atoms with van der Waals surface area (Å²) in [6, 6.07) is 2.10. The second kappa shape index (κ2) is 11.7. The lowest BCUT2D eigenvalue weighted by molar-refractivity contribution is -0.192. The predicted molar refractivity (Wildman–Crippen MR) is 108 cm³/mol. The molecule has 38 heavy (non-hydrogen) atoms. The molecule has 0 saturated carbocycles. The number of ether oxygens (including phenoxy) is 1. The molecule has 1 aromatic carbocycles. The minimum Gasteiger partial charge on any atom is -0.475 e. The van der Waals surface area contributed by atoms with Crippen molar-refractivity contribution in [1.82, 2.24) is 14.1 Å². The van der Waals surface area contributed by atoms with Gasteiger partial charge in [0.15, 0.2) is 28.2 Å². The van der Waals surface area contributed by atoms with Crippen LogP contribution in [-0.2, 0) is 29.6 Å². The van der Waals surface area contributed by atoms with Gasteiger partial charge in [-0.15, -0.1) is 4.83 Å². The third-order valence-corrected chi connectivity index (χ3v) is 7.49. The van der Waals surface area contributed by atoms with Crippen molar-refractivity contribution in [1.29, 1.82) is 0 Å². The Morgan fingerprint density at radius 1 is 0.921 bits per heavy atom. The first-order valence-electron chi connectivity index (χ1n) is 9.54. The summed E-state index contributed by atoms with van der Waals surface area (Å²) < 4.78 is 154. The van der Waals surface area contributed by atoms with Crippen molar-refractivity contribution < 1.29 is 66.6 Å². The van der Waals surface area contributed by atoms with Crippen LogP contribution in [0.15, 0.2) is 28.1 Å². The molecule has 2 aromatic rings. The van der Waals surface area contributed by atoms with E-state index < -0.39 is 66.2 Å². The largest absolute Gasteiger partial charge is 0.490 e. The van der Waals surface area contributed by atoms with Crippen LogP contribution < -0.4 is 10.3 Å². The van der Waals surface area contributed by atoms with Crippen molar-refractivity contribution in [2.24, 2.45) is 0 Å². The number of aliphatic carboxylic acids is 1. The number of hydrogen-bond acceptors (Lipinski definition) is 8. The average molecular weight is 602 g/mol. The molecule has 0 unspecified atom stereocenters. The number of pyridine rings is 1. The second-order valence-electron chi connectivity index (χ2n) is 6.83. The van der Waals surface area contributed by atoms with E-state index in [1.54, 1.807) is 0 Å². The number of rotatable bonds is 6. The maximum absolute atomic E-state index is 13.7. The van der Waals surface area contributed by atoms with E-state index in [2.05, 4.69) is 4.98 Å². The Balaban J connectivity index is 0.000000638. The van der Waals surface area contributed by atoms with Crippen molar-refractivity contribution in [3.8, 4) is 0 Å². The molecule has 0 atom stereocenters. The van der Waals surface area contributed by atoms with Gasteiger partial charge in [-0.25, -0.2) is 48.6 Å². The summed E-state index contributed by atoms with van der Waals surface area (Å²) in [5.41, 5.74) is 1.90. The van der Waals surface area contributed by atoms with Crippen LogP contribution in [0.5, 0.6) is 0 Å². The topological polar surface area (TPSA) is 155 Å². The monoisotopic (exact) mass is 602 g/mol. The smallest absolute Gasteiger partial charge is 0.475 e. The first kappa shape index (κ1) is 31.1. The number of carboxylic acids is 1. The average Bonchev–Trinajstić information content (AvgIpc) is 2.85. The van der Waals surface area contributed by atoms with E-state index in [1.807, 2.05) is 5.43 Å². The van der Waals surface area contributed by atoms with Crippen molar-refractivity contribution in [2.75, 3.05) is 31.7 Å². The van der Waals surface area contributed by atoms with Gasteiger partial charge in [-0.2, -0.15) is 17.5 Å². The molecule has 0 aliphatic carbocycles. The molecule has 1 fully saturated rings. The Labute approximate surface area is 208 Å². The predicted octanol–water partition coefficient (Wildman–Crippen LogP) is 1.74. The minimum absolute atomic E-state index is 0.129. The lowest BCUT2D eigenvalue weighted by Crippen LogP contribution is -2.40. The minimum atomic E-state index is -5.28. The molecule has 0 radical (unpaired) electrons. The molecule has 0 bridgehead atoms. The summed E-state index contributed by atoms with van der Waals surface area (Å²) in [6.45, 7) is 0.686. The molecular formula is C17H14F8N4O7S2. The maximum Gasteiger partial charge on any atom is 0.490 e. The lowest BCUT2D eigenvalue weighted by atomic mass is 10.3. The number of carboxylic acid groups (broad SMARTS) is 1. The van der Waals surface area contributed by atoms with Gasteiger partial charge in [-0.1, -0.05) is 0 Å².